The number of carbonyl (C=O) groups is 3. The van der Waals surface area contributed by atoms with E-state index in [0.29, 0.717) is 12.1 Å². The van der Waals surface area contributed by atoms with Crippen LogP contribution in [0.1, 0.15) is 29.5 Å². The normalized spacial score (nSPS) is 23.5. The molecule has 0 radical (unpaired) electrons. The molecule has 0 bridgehead atoms. The monoisotopic (exact) mass is 553 g/mol. The first-order valence-electron chi connectivity index (χ1n) is 13.2. The maximum Gasteiger partial charge on any atom is 0.255 e. The van der Waals surface area contributed by atoms with Gasteiger partial charge < -0.3 is 31.5 Å². The van der Waals surface area contributed by atoms with Crippen molar-refractivity contribution in [2.45, 2.75) is 31.4 Å². The molecule has 3 aliphatic carbocycles. The Kier molecular flexibility index (Phi) is 6.15. The standard InChI is InChI=1S/C31H27N3O7/c32-30(40)26-23(36)12-18-10-17-11-21-20(16-5-3-15(4-6-16)13-34-19-2-1-9-33-14-19)7-8-22(35)25(21)27(37)24(17)28(38)31(18,41)29(26)39/h1-9,14,17-18,34-35,37,39,41H,10-13H2,(H2,32,40)/t17-,18+,31+/m1/s1. The Bertz CT molecular complexity index is 1680. The van der Waals surface area contributed by atoms with Gasteiger partial charge in [0.2, 0.25) is 5.78 Å². The zero-order chi connectivity index (χ0) is 29.1. The lowest BCUT2D eigenvalue weighted by atomic mass is 9.59. The number of hydrogen-bond acceptors (Lipinski definition) is 9. The lowest BCUT2D eigenvalue weighted by molar-refractivity contribution is -0.147. The van der Waals surface area contributed by atoms with Crippen LogP contribution >= 0.6 is 0 Å². The molecule has 1 aromatic heterocycles. The lowest BCUT2D eigenvalue weighted by Crippen LogP contribution is -2.58. The number of nitrogens with one attached hydrogen (secondary N) is 1. The Morgan fingerprint density at radius 1 is 1.05 bits per heavy atom. The number of aromatic hydroxyl groups is 1. The number of benzene rings is 2. The molecule has 3 aromatic rings. The number of Topliss-reactive ketones (excluding diaryl/α,β-unsaturated/α-hetero) is 2. The number of carbonyl (C=O) groups excluding carboxylic acids is 3. The predicted octanol–water partition coefficient (Wildman–Crippen LogP) is 3.10. The molecule has 7 N–H and O–H groups in total. The van der Waals surface area contributed by atoms with Crippen LogP contribution in [0.5, 0.6) is 5.75 Å². The molecule has 208 valence electrons. The van der Waals surface area contributed by atoms with Gasteiger partial charge in [-0.25, -0.2) is 0 Å². The van der Waals surface area contributed by atoms with E-state index in [1.54, 1.807) is 18.5 Å². The van der Waals surface area contributed by atoms with Crippen LogP contribution in [0.2, 0.25) is 0 Å². The van der Waals surface area contributed by atoms with E-state index < -0.39 is 52.0 Å². The maximum atomic E-state index is 13.7. The highest BCUT2D eigenvalue weighted by atomic mass is 16.3. The SMILES string of the molecule is NC(=O)C1=C(O)[C@@]2(O)C(=O)C3=C(O)c4c(O)ccc(-c5ccc(CNc6cccnc6)cc5)c4C[C@H]3C[C@H]2CC1=O. The van der Waals surface area contributed by atoms with Gasteiger partial charge in [0.05, 0.1) is 11.3 Å². The molecule has 10 nitrogen and oxygen atoms in total. The summed E-state index contributed by atoms with van der Waals surface area (Å²) in [7, 11) is 0. The number of primary amides is 1. The van der Waals surface area contributed by atoms with E-state index in [1.807, 2.05) is 36.4 Å². The molecule has 41 heavy (non-hydrogen) atoms. The van der Waals surface area contributed by atoms with Crippen LogP contribution in [0.3, 0.4) is 0 Å². The van der Waals surface area contributed by atoms with E-state index in [1.165, 1.54) is 6.07 Å². The van der Waals surface area contributed by atoms with E-state index in [2.05, 4.69) is 10.3 Å². The molecule has 1 saturated carbocycles. The van der Waals surface area contributed by atoms with Gasteiger partial charge >= 0.3 is 0 Å². The van der Waals surface area contributed by atoms with Crippen LogP contribution < -0.4 is 11.1 Å². The Balaban J connectivity index is 1.37. The Morgan fingerprint density at radius 2 is 1.80 bits per heavy atom. The van der Waals surface area contributed by atoms with Gasteiger partial charge in [0.25, 0.3) is 5.91 Å². The fraction of sp³-hybridized carbons (Fsp3) is 0.226. The van der Waals surface area contributed by atoms with E-state index in [4.69, 9.17) is 5.73 Å². The van der Waals surface area contributed by atoms with E-state index in [9.17, 15) is 34.8 Å². The molecule has 1 amide bonds. The summed E-state index contributed by atoms with van der Waals surface area (Å²) in [6.07, 6.45) is 3.40. The van der Waals surface area contributed by atoms with Gasteiger partial charge in [0, 0.05) is 36.9 Å². The minimum absolute atomic E-state index is 0.0666. The minimum Gasteiger partial charge on any atom is -0.508 e. The number of pyridine rings is 1. The van der Waals surface area contributed by atoms with E-state index >= 15 is 0 Å². The second kappa shape index (κ2) is 9.60. The molecule has 6 rings (SSSR count). The molecule has 0 saturated heterocycles. The number of anilines is 1. The topological polar surface area (TPSA) is 183 Å². The second-order valence-corrected chi connectivity index (χ2v) is 10.7. The average Bonchev–Trinajstić information content (AvgIpc) is 2.95. The quantitative estimate of drug-likeness (QED) is 0.259. The first kappa shape index (κ1) is 26.3. The number of phenols is 1. The van der Waals surface area contributed by atoms with Crippen LogP contribution in [0.15, 0.2) is 77.8 Å². The first-order valence-corrected chi connectivity index (χ1v) is 13.2. The molecule has 1 heterocycles. The number of nitrogens with zero attached hydrogens (tertiary/aromatic N) is 1. The van der Waals surface area contributed by atoms with Gasteiger partial charge in [0.1, 0.15) is 22.8 Å². The Labute approximate surface area is 234 Å². The maximum absolute atomic E-state index is 13.7. The van der Waals surface area contributed by atoms with Crippen LogP contribution in [0.4, 0.5) is 5.69 Å². The Morgan fingerprint density at radius 3 is 2.49 bits per heavy atom. The highest BCUT2D eigenvalue weighted by molar-refractivity contribution is 6.22. The number of aliphatic hydroxyl groups is 3. The number of aromatic nitrogens is 1. The third kappa shape index (κ3) is 4.06. The fourth-order valence-corrected chi connectivity index (χ4v) is 6.37. The van der Waals surface area contributed by atoms with Crippen molar-refractivity contribution in [3.05, 3.63) is 94.5 Å². The van der Waals surface area contributed by atoms with Crippen molar-refractivity contribution in [1.82, 2.24) is 4.98 Å². The van der Waals surface area contributed by atoms with Crippen molar-refractivity contribution in [2.24, 2.45) is 17.6 Å². The summed E-state index contributed by atoms with van der Waals surface area (Å²) >= 11 is 0. The van der Waals surface area contributed by atoms with Crippen molar-refractivity contribution < 1.29 is 34.8 Å². The lowest BCUT2D eigenvalue weighted by Gasteiger charge is -2.46. The van der Waals surface area contributed by atoms with E-state index in [-0.39, 0.29) is 36.1 Å². The number of phenolic OH excluding ortho intramolecular Hbond substituents is 1. The number of aliphatic hydroxyl groups excluding tert-OH is 2. The summed E-state index contributed by atoms with van der Waals surface area (Å²) in [5.74, 6) is -6.46. The summed E-state index contributed by atoms with van der Waals surface area (Å²) < 4.78 is 0. The largest absolute Gasteiger partial charge is 0.508 e. The molecule has 1 fully saturated rings. The molecular weight excluding hydrogens is 526 g/mol. The minimum atomic E-state index is -2.58. The summed E-state index contributed by atoms with van der Waals surface area (Å²) in [4.78, 5) is 42.1. The highest BCUT2D eigenvalue weighted by Crippen LogP contribution is 2.53. The summed E-state index contributed by atoms with van der Waals surface area (Å²) in [6.45, 7) is 0.582. The second-order valence-electron chi connectivity index (χ2n) is 10.7. The summed E-state index contributed by atoms with van der Waals surface area (Å²) in [5.41, 5.74) is 5.88. The third-order valence-electron chi connectivity index (χ3n) is 8.37. The summed E-state index contributed by atoms with van der Waals surface area (Å²) in [6, 6.07) is 14.7. The van der Waals surface area contributed by atoms with Gasteiger partial charge in [-0.15, -0.1) is 0 Å². The molecular formula is C31H27N3O7. The highest BCUT2D eigenvalue weighted by Gasteiger charge is 2.60. The van der Waals surface area contributed by atoms with Gasteiger partial charge in [-0.1, -0.05) is 30.3 Å². The van der Waals surface area contributed by atoms with Crippen molar-refractivity contribution in [3.8, 4) is 16.9 Å². The van der Waals surface area contributed by atoms with E-state index in [0.717, 1.165) is 22.4 Å². The number of rotatable bonds is 5. The molecule has 2 aromatic carbocycles. The Hall–Kier alpha value is -4.96. The van der Waals surface area contributed by atoms with Crippen molar-refractivity contribution >= 4 is 28.9 Å². The molecule has 0 aliphatic heterocycles. The molecule has 0 unspecified atom stereocenters. The van der Waals surface area contributed by atoms with Gasteiger partial charge in [-0.2, -0.15) is 0 Å². The fourth-order valence-electron chi connectivity index (χ4n) is 6.37. The van der Waals surface area contributed by atoms with Crippen molar-refractivity contribution in [1.29, 1.82) is 0 Å². The number of ketones is 2. The zero-order valence-corrected chi connectivity index (χ0v) is 21.8. The van der Waals surface area contributed by atoms with Crippen LogP contribution in [0, 0.1) is 11.8 Å². The zero-order valence-electron chi connectivity index (χ0n) is 21.8. The van der Waals surface area contributed by atoms with Gasteiger partial charge in [-0.05, 0) is 59.2 Å². The summed E-state index contributed by atoms with van der Waals surface area (Å²) in [5, 5.41) is 47.5. The molecule has 10 heteroatoms. The van der Waals surface area contributed by atoms with Crippen molar-refractivity contribution in [2.75, 3.05) is 5.32 Å². The number of amides is 1. The van der Waals surface area contributed by atoms with Gasteiger partial charge in [0.15, 0.2) is 11.4 Å². The number of hydrogen-bond donors (Lipinski definition) is 6. The number of fused-ring (bicyclic) bond motifs is 3. The molecule has 3 atom stereocenters. The van der Waals surface area contributed by atoms with Crippen LogP contribution in [0.25, 0.3) is 16.9 Å². The first-order chi connectivity index (χ1) is 19.6. The van der Waals surface area contributed by atoms with Gasteiger partial charge in [-0.3, -0.25) is 19.4 Å². The van der Waals surface area contributed by atoms with Crippen LogP contribution in [-0.4, -0.2) is 48.5 Å². The smallest absolute Gasteiger partial charge is 0.255 e. The van der Waals surface area contributed by atoms with Crippen molar-refractivity contribution in [3.63, 3.8) is 0 Å². The molecule has 3 aliphatic rings. The van der Waals surface area contributed by atoms with Crippen LogP contribution in [-0.2, 0) is 27.3 Å². The molecule has 0 spiro atoms. The predicted molar refractivity (Wildman–Crippen MR) is 148 cm³/mol. The average molecular weight is 554 g/mol. The number of nitrogens with two attached hydrogens (primary N) is 1. The third-order valence-corrected chi connectivity index (χ3v) is 8.37.